The van der Waals surface area contributed by atoms with Crippen molar-refractivity contribution >= 4 is 10.0 Å². The summed E-state index contributed by atoms with van der Waals surface area (Å²) in [5.74, 6) is 1.36. The van der Waals surface area contributed by atoms with Gasteiger partial charge in [0.25, 0.3) is 0 Å². The van der Waals surface area contributed by atoms with Crippen LogP contribution in [-0.4, -0.2) is 53.9 Å². The van der Waals surface area contributed by atoms with Crippen molar-refractivity contribution in [2.24, 2.45) is 0 Å². The van der Waals surface area contributed by atoms with Crippen LogP contribution in [0.4, 0.5) is 0 Å². The van der Waals surface area contributed by atoms with Crippen molar-refractivity contribution < 1.29 is 12.9 Å². The van der Waals surface area contributed by atoms with Crippen LogP contribution in [0, 0.1) is 13.8 Å². The summed E-state index contributed by atoms with van der Waals surface area (Å²) < 4.78 is 32.8. The normalized spacial score (nSPS) is 16.7. The second kappa shape index (κ2) is 8.50. The molecule has 7 nitrogen and oxygen atoms in total. The number of rotatable bonds is 7. The van der Waals surface area contributed by atoms with Crippen molar-refractivity contribution in [1.82, 2.24) is 19.3 Å². The van der Waals surface area contributed by atoms with E-state index in [2.05, 4.69) is 22.0 Å². The minimum atomic E-state index is -3.46. The minimum absolute atomic E-state index is 0.403. The van der Waals surface area contributed by atoms with Crippen molar-refractivity contribution in [2.75, 3.05) is 26.2 Å². The quantitative estimate of drug-likeness (QED) is 0.720. The molecule has 0 unspecified atom stereocenters. The van der Waals surface area contributed by atoms with Crippen LogP contribution in [0.2, 0.25) is 0 Å². The van der Waals surface area contributed by atoms with Crippen LogP contribution >= 0.6 is 0 Å². The number of hydrogen-bond donors (Lipinski definition) is 0. The van der Waals surface area contributed by atoms with Crippen LogP contribution in [0.5, 0.6) is 0 Å². The molecule has 27 heavy (non-hydrogen) atoms. The number of unbranched alkanes of at least 4 members (excludes halogenated alkanes) is 1. The van der Waals surface area contributed by atoms with Crippen LogP contribution in [0.1, 0.15) is 42.6 Å². The van der Waals surface area contributed by atoms with E-state index in [9.17, 15) is 8.42 Å². The molecular weight excluding hydrogens is 364 g/mol. The topological polar surface area (TPSA) is 79.5 Å². The molecule has 1 saturated heterocycles. The molecule has 0 N–H and O–H groups in total. The van der Waals surface area contributed by atoms with E-state index in [0.29, 0.717) is 49.3 Å². The predicted molar refractivity (Wildman–Crippen MR) is 103 cm³/mol. The summed E-state index contributed by atoms with van der Waals surface area (Å²) in [7, 11) is -3.46. The molecule has 0 aliphatic carbocycles. The zero-order valence-electron chi connectivity index (χ0n) is 16.3. The van der Waals surface area contributed by atoms with Gasteiger partial charge in [-0.15, -0.1) is 0 Å². The van der Waals surface area contributed by atoms with Crippen molar-refractivity contribution in [3.63, 3.8) is 0 Å². The van der Waals surface area contributed by atoms with E-state index in [-0.39, 0.29) is 0 Å². The Balaban J connectivity index is 1.59. The molecular formula is C19H28N4O3S. The van der Waals surface area contributed by atoms with Crippen LogP contribution in [0.3, 0.4) is 0 Å². The van der Waals surface area contributed by atoms with Crippen molar-refractivity contribution in [2.45, 2.75) is 51.5 Å². The van der Waals surface area contributed by atoms with Crippen molar-refractivity contribution in [1.29, 1.82) is 0 Å². The van der Waals surface area contributed by atoms with E-state index < -0.39 is 10.0 Å². The Morgan fingerprint density at radius 1 is 1.15 bits per heavy atom. The van der Waals surface area contributed by atoms with Crippen molar-refractivity contribution in [3.05, 3.63) is 41.0 Å². The average Bonchev–Trinajstić information content (AvgIpc) is 3.07. The maximum absolute atomic E-state index is 13.0. The first kappa shape index (κ1) is 20.0. The number of benzene rings is 1. The van der Waals surface area contributed by atoms with Crippen LogP contribution in [0.15, 0.2) is 27.6 Å². The number of piperazine rings is 1. The molecule has 1 aliphatic heterocycles. The van der Waals surface area contributed by atoms with E-state index in [1.54, 1.807) is 10.4 Å². The van der Waals surface area contributed by atoms with Crippen molar-refractivity contribution in [3.8, 4) is 0 Å². The molecule has 3 rings (SSSR count). The second-order valence-corrected chi connectivity index (χ2v) is 9.06. The van der Waals surface area contributed by atoms with Crippen LogP contribution < -0.4 is 0 Å². The maximum atomic E-state index is 13.0. The fourth-order valence-electron chi connectivity index (χ4n) is 3.34. The van der Waals surface area contributed by atoms with E-state index >= 15 is 0 Å². The standard InChI is InChI=1S/C19H28N4O3S/c1-4-5-6-19-20-18(21-26-19)14-22-9-11-23(12-10-22)27(24,25)17-8-7-15(2)13-16(17)3/h7-8,13H,4-6,9-12,14H2,1-3H3. The molecule has 0 bridgehead atoms. The maximum Gasteiger partial charge on any atom is 0.243 e. The summed E-state index contributed by atoms with van der Waals surface area (Å²) in [5, 5.41) is 4.04. The summed E-state index contributed by atoms with van der Waals surface area (Å²) in [4.78, 5) is 7.00. The van der Waals surface area contributed by atoms with Gasteiger partial charge >= 0.3 is 0 Å². The number of sulfonamides is 1. The van der Waals surface area contributed by atoms with E-state index in [4.69, 9.17) is 4.52 Å². The van der Waals surface area contributed by atoms with Gasteiger partial charge in [-0.05, 0) is 31.9 Å². The van der Waals surface area contributed by atoms with Gasteiger partial charge in [-0.2, -0.15) is 9.29 Å². The SMILES string of the molecule is CCCCc1nc(CN2CCN(S(=O)(=O)c3ccc(C)cc3C)CC2)no1. The van der Waals surface area contributed by atoms with Crippen LogP contribution in [0.25, 0.3) is 0 Å². The number of hydrogen-bond acceptors (Lipinski definition) is 6. The second-order valence-electron chi connectivity index (χ2n) is 7.16. The van der Waals surface area contributed by atoms with E-state index in [1.165, 1.54) is 0 Å². The summed E-state index contributed by atoms with van der Waals surface area (Å²) >= 11 is 0. The van der Waals surface area contributed by atoms with Gasteiger partial charge in [-0.1, -0.05) is 36.2 Å². The Bertz CT molecular complexity index is 871. The smallest absolute Gasteiger partial charge is 0.243 e. The van der Waals surface area contributed by atoms with Gasteiger partial charge in [-0.3, -0.25) is 4.90 Å². The lowest BCUT2D eigenvalue weighted by atomic mass is 10.2. The lowest BCUT2D eigenvalue weighted by molar-refractivity contribution is 0.176. The number of aromatic nitrogens is 2. The van der Waals surface area contributed by atoms with Gasteiger partial charge in [0.05, 0.1) is 11.4 Å². The molecule has 1 aliphatic rings. The number of nitrogens with zero attached hydrogens (tertiary/aromatic N) is 4. The molecule has 8 heteroatoms. The summed E-state index contributed by atoms with van der Waals surface area (Å²) in [6, 6.07) is 5.47. The lowest BCUT2D eigenvalue weighted by Crippen LogP contribution is -2.48. The first-order valence-electron chi connectivity index (χ1n) is 9.51. The summed E-state index contributed by atoms with van der Waals surface area (Å²) in [5.41, 5.74) is 1.86. The van der Waals surface area contributed by atoms with Gasteiger partial charge in [0.15, 0.2) is 5.82 Å². The highest BCUT2D eigenvalue weighted by atomic mass is 32.2. The zero-order valence-corrected chi connectivity index (χ0v) is 17.1. The Morgan fingerprint density at radius 3 is 2.56 bits per heavy atom. The summed E-state index contributed by atoms with van der Waals surface area (Å²) in [6.07, 6.45) is 2.94. The zero-order chi connectivity index (χ0) is 19.4. The highest BCUT2D eigenvalue weighted by Crippen LogP contribution is 2.22. The lowest BCUT2D eigenvalue weighted by Gasteiger charge is -2.33. The third kappa shape index (κ3) is 4.75. The average molecular weight is 393 g/mol. The highest BCUT2D eigenvalue weighted by molar-refractivity contribution is 7.89. The molecule has 0 radical (unpaired) electrons. The van der Waals surface area contributed by atoms with Gasteiger partial charge in [-0.25, -0.2) is 8.42 Å². The fourth-order valence-corrected chi connectivity index (χ4v) is 4.97. The Labute approximate surface area is 161 Å². The Hall–Kier alpha value is -1.77. The molecule has 0 spiro atoms. The third-order valence-electron chi connectivity index (χ3n) is 4.90. The monoisotopic (exact) mass is 392 g/mol. The molecule has 1 aromatic heterocycles. The first-order chi connectivity index (χ1) is 12.9. The van der Waals surface area contributed by atoms with E-state index in [1.807, 2.05) is 26.0 Å². The third-order valence-corrected chi connectivity index (χ3v) is 6.96. The van der Waals surface area contributed by atoms with Gasteiger partial charge < -0.3 is 4.52 Å². The largest absolute Gasteiger partial charge is 0.339 e. The minimum Gasteiger partial charge on any atom is -0.339 e. The molecule has 1 fully saturated rings. The molecule has 0 atom stereocenters. The molecule has 2 aromatic rings. The Morgan fingerprint density at radius 2 is 1.89 bits per heavy atom. The molecule has 0 amide bonds. The van der Waals surface area contributed by atoms with Crippen LogP contribution in [-0.2, 0) is 23.0 Å². The van der Waals surface area contributed by atoms with E-state index in [0.717, 1.165) is 30.4 Å². The van der Waals surface area contributed by atoms with Gasteiger partial charge in [0.1, 0.15) is 0 Å². The molecule has 148 valence electrons. The molecule has 1 aromatic carbocycles. The number of aryl methyl sites for hydroxylation is 3. The first-order valence-corrected chi connectivity index (χ1v) is 11.0. The van der Waals surface area contributed by atoms with Gasteiger partial charge in [0.2, 0.25) is 15.9 Å². The predicted octanol–water partition coefficient (Wildman–Crippen LogP) is 2.54. The molecule has 0 saturated carbocycles. The molecule has 2 heterocycles. The van der Waals surface area contributed by atoms with Gasteiger partial charge in [0, 0.05) is 32.6 Å². The summed E-state index contributed by atoms with van der Waals surface area (Å²) in [6.45, 7) is 8.78. The highest BCUT2D eigenvalue weighted by Gasteiger charge is 2.30. The Kier molecular flexibility index (Phi) is 6.29. The fraction of sp³-hybridized carbons (Fsp3) is 0.579.